The van der Waals surface area contributed by atoms with Crippen molar-refractivity contribution in [3.8, 4) is 0 Å². The number of aromatic nitrogens is 2. The van der Waals surface area contributed by atoms with Crippen molar-refractivity contribution in [3.05, 3.63) is 87.0 Å². The molecule has 3 N–H and O–H groups in total. The van der Waals surface area contributed by atoms with Gasteiger partial charge in [0, 0.05) is 3.57 Å². The molecule has 1 saturated heterocycles. The molecule has 0 aliphatic carbocycles. The maximum absolute atomic E-state index is 14.6. The highest BCUT2D eigenvalue weighted by atomic mass is 127. The Morgan fingerprint density at radius 3 is 2.58 bits per heavy atom. The lowest BCUT2D eigenvalue weighted by atomic mass is 9.92. The second-order valence-corrected chi connectivity index (χ2v) is 9.07. The summed E-state index contributed by atoms with van der Waals surface area (Å²) in [5.74, 6) is -3.47. The van der Waals surface area contributed by atoms with Gasteiger partial charge in [-0.1, -0.05) is 12.1 Å². The van der Waals surface area contributed by atoms with Gasteiger partial charge < -0.3 is 20.3 Å². The third-order valence-electron chi connectivity index (χ3n) is 5.54. The average molecular weight is 564 g/mol. The van der Waals surface area contributed by atoms with Crippen LogP contribution in [0, 0.1) is 21.0 Å². The molecule has 0 spiro atoms. The number of H-pyrrole nitrogens is 1. The Hall–Kier alpha value is -3.12. The van der Waals surface area contributed by atoms with Gasteiger partial charge in [-0.2, -0.15) is 0 Å². The van der Waals surface area contributed by atoms with Crippen molar-refractivity contribution in [3.63, 3.8) is 0 Å². The minimum Gasteiger partial charge on any atom is -0.378 e. The number of imidazole rings is 1. The number of rotatable bonds is 4. The van der Waals surface area contributed by atoms with Crippen LogP contribution in [0.25, 0.3) is 11.0 Å². The van der Waals surface area contributed by atoms with Crippen molar-refractivity contribution in [2.75, 3.05) is 18.4 Å². The van der Waals surface area contributed by atoms with Gasteiger partial charge in [-0.3, -0.25) is 4.79 Å². The van der Waals surface area contributed by atoms with Gasteiger partial charge in [-0.25, -0.2) is 18.2 Å². The van der Waals surface area contributed by atoms with E-state index in [1.807, 2.05) is 40.8 Å². The number of aromatic amines is 1. The Labute approximate surface area is 199 Å². The molecule has 3 aromatic carbocycles. The van der Waals surface area contributed by atoms with E-state index in [0.717, 1.165) is 17.6 Å². The molecule has 168 valence electrons. The van der Waals surface area contributed by atoms with Crippen LogP contribution in [0.3, 0.4) is 0 Å². The number of nitrogens with zero attached hydrogens (tertiary/aromatic N) is 2. The van der Waals surface area contributed by atoms with E-state index >= 15 is 0 Å². The summed E-state index contributed by atoms with van der Waals surface area (Å²) in [6, 6.07) is 13.4. The number of benzene rings is 3. The van der Waals surface area contributed by atoms with Gasteiger partial charge in [0.05, 0.1) is 41.1 Å². The Morgan fingerprint density at radius 1 is 1.09 bits per heavy atom. The standard InChI is InChI=1S/C23H16F3IN4O2/c24-14-7-6-13(20(19(14)26)28-16-8-5-12(27)9-15(16)25)21(32)31-10-23(33,11-31)22-29-17-3-1-2-4-18(17)30-22/h1-9,28,33H,10-11H2,(H,29,30). The molecule has 1 aromatic heterocycles. The molecular weight excluding hydrogens is 548 g/mol. The maximum Gasteiger partial charge on any atom is 0.256 e. The average Bonchev–Trinajstić information content (AvgIpc) is 3.21. The van der Waals surface area contributed by atoms with Crippen molar-refractivity contribution in [1.29, 1.82) is 0 Å². The minimum atomic E-state index is -1.40. The molecule has 5 rings (SSSR count). The number of hydrogen-bond acceptors (Lipinski definition) is 4. The van der Waals surface area contributed by atoms with Crippen LogP contribution >= 0.6 is 22.6 Å². The predicted molar refractivity (Wildman–Crippen MR) is 125 cm³/mol. The fourth-order valence-corrected chi connectivity index (χ4v) is 4.25. The van der Waals surface area contributed by atoms with Crippen LogP contribution in [0.5, 0.6) is 0 Å². The van der Waals surface area contributed by atoms with Crippen LogP contribution < -0.4 is 5.32 Å². The summed E-state index contributed by atoms with van der Waals surface area (Å²) >= 11 is 1.92. The van der Waals surface area contributed by atoms with E-state index in [4.69, 9.17) is 0 Å². The predicted octanol–water partition coefficient (Wildman–Crippen LogP) is 4.67. The molecule has 2 heterocycles. The molecule has 1 aliphatic heterocycles. The van der Waals surface area contributed by atoms with Crippen LogP contribution in [0.1, 0.15) is 16.2 Å². The van der Waals surface area contributed by atoms with E-state index in [2.05, 4.69) is 15.3 Å². The van der Waals surface area contributed by atoms with Crippen LogP contribution in [0.15, 0.2) is 54.6 Å². The fraction of sp³-hybridized carbons (Fsp3) is 0.130. The third kappa shape index (κ3) is 3.82. The zero-order valence-corrected chi connectivity index (χ0v) is 19.0. The fourth-order valence-electron chi connectivity index (χ4n) is 3.80. The normalized spacial score (nSPS) is 14.9. The van der Waals surface area contributed by atoms with E-state index in [1.165, 1.54) is 17.0 Å². The van der Waals surface area contributed by atoms with Crippen molar-refractivity contribution in [2.45, 2.75) is 5.60 Å². The van der Waals surface area contributed by atoms with Gasteiger partial charge in [0.15, 0.2) is 17.2 Å². The van der Waals surface area contributed by atoms with Crippen molar-refractivity contribution < 1.29 is 23.1 Å². The number of halogens is 4. The second kappa shape index (κ2) is 8.03. The number of aliphatic hydroxyl groups is 1. The number of anilines is 2. The Balaban J connectivity index is 1.41. The van der Waals surface area contributed by atoms with E-state index in [1.54, 1.807) is 12.1 Å². The molecule has 0 bridgehead atoms. The minimum absolute atomic E-state index is 0.0953. The van der Waals surface area contributed by atoms with Gasteiger partial charge in [-0.15, -0.1) is 0 Å². The van der Waals surface area contributed by atoms with E-state index in [9.17, 15) is 23.1 Å². The number of nitrogens with one attached hydrogen (secondary N) is 2. The molecule has 1 fully saturated rings. The van der Waals surface area contributed by atoms with Gasteiger partial charge in [-0.05, 0) is 65.1 Å². The third-order valence-corrected chi connectivity index (χ3v) is 6.21. The highest BCUT2D eigenvalue weighted by Crippen LogP contribution is 2.35. The Bertz CT molecular complexity index is 1370. The first-order valence-corrected chi connectivity index (χ1v) is 11.0. The molecular formula is C23H16F3IN4O2. The number of hydrogen-bond donors (Lipinski definition) is 3. The van der Waals surface area contributed by atoms with Gasteiger partial charge >= 0.3 is 0 Å². The molecule has 1 amide bonds. The van der Waals surface area contributed by atoms with E-state index in [0.29, 0.717) is 14.9 Å². The summed E-state index contributed by atoms with van der Waals surface area (Å²) in [5.41, 5.74) is -0.730. The molecule has 4 aromatic rings. The SMILES string of the molecule is O=C(c1ccc(F)c(F)c1Nc1ccc(I)cc1F)N1CC(O)(c2nc3ccccc3[nH]2)C1. The first-order chi connectivity index (χ1) is 15.7. The molecule has 1 aliphatic rings. The van der Waals surface area contributed by atoms with Crippen LogP contribution in [0.2, 0.25) is 0 Å². The highest BCUT2D eigenvalue weighted by molar-refractivity contribution is 14.1. The lowest BCUT2D eigenvalue weighted by Gasteiger charge is -2.45. The van der Waals surface area contributed by atoms with E-state index < -0.39 is 34.6 Å². The lowest BCUT2D eigenvalue weighted by molar-refractivity contribution is -0.0915. The second-order valence-electron chi connectivity index (χ2n) is 7.83. The first kappa shape index (κ1) is 21.7. The largest absolute Gasteiger partial charge is 0.378 e. The monoisotopic (exact) mass is 564 g/mol. The van der Waals surface area contributed by atoms with Gasteiger partial charge in [0.25, 0.3) is 5.91 Å². The Morgan fingerprint density at radius 2 is 1.85 bits per heavy atom. The van der Waals surface area contributed by atoms with Crippen molar-refractivity contribution >= 4 is 50.9 Å². The number of amides is 1. The van der Waals surface area contributed by atoms with E-state index in [-0.39, 0.29) is 24.3 Å². The summed E-state index contributed by atoms with van der Waals surface area (Å²) in [5, 5.41) is 13.4. The maximum atomic E-state index is 14.6. The molecule has 0 saturated carbocycles. The topological polar surface area (TPSA) is 81.2 Å². The first-order valence-electron chi connectivity index (χ1n) is 9.92. The molecule has 33 heavy (non-hydrogen) atoms. The summed E-state index contributed by atoms with van der Waals surface area (Å²) in [4.78, 5) is 21.8. The molecule has 0 radical (unpaired) electrons. The number of fused-ring (bicyclic) bond motifs is 1. The quantitative estimate of drug-likeness (QED) is 0.315. The zero-order valence-electron chi connectivity index (χ0n) is 16.9. The number of β-amino-alcohol motifs (C(OH)–C–C–N with tert-alkyl or cyclic N) is 1. The molecule has 0 atom stereocenters. The summed E-state index contributed by atoms with van der Waals surface area (Å²) < 4.78 is 43.5. The smallest absolute Gasteiger partial charge is 0.256 e. The number of carbonyl (C=O) groups excluding carboxylic acids is 1. The highest BCUT2D eigenvalue weighted by Gasteiger charge is 2.48. The van der Waals surface area contributed by atoms with Crippen LogP contribution in [0.4, 0.5) is 24.5 Å². The number of likely N-dealkylation sites (tertiary alicyclic amines) is 1. The summed E-state index contributed by atoms with van der Waals surface area (Å²) in [7, 11) is 0. The molecule has 6 nitrogen and oxygen atoms in total. The number of para-hydroxylation sites is 2. The van der Waals surface area contributed by atoms with Crippen LogP contribution in [-0.4, -0.2) is 39.0 Å². The van der Waals surface area contributed by atoms with Crippen LogP contribution in [-0.2, 0) is 5.60 Å². The van der Waals surface area contributed by atoms with Gasteiger partial charge in [0.2, 0.25) is 0 Å². The van der Waals surface area contributed by atoms with Crippen molar-refractivity contribution in [2.24, 2.45) is 0 Å². The zero-order chi connectivity index (χ0) is 23.3. The molecule has 0 unspecified atom stereocenters. The molecule has 10 heteroatoms. The van der Waals surface area contributed by atoms with Crippen molar-refractivity contribution in [1.82, 2.24) is 14.9 Å². The van der Waals surface area contributed by atoms with Gasteiger partial charge in [0.1, 0.15) is 11.6 Å². The lowest BCUT2D eigenvalue weighted by Crippen LogP contribution is -2.61. The Kier molecular flexibility index (Phi) is 5.28. The summed E-state index contributed by atoms with van der Waals surface area (Å²) in [6.45, 7) is -0.191. The number of carbonyl (C=O) groups is 1. The summed E-state index contributed by atoms with van der Waals surface area (Å²) in [6.07, 6.45) is 0.